The molecule has 108 valence electrons. The van der Waals surface area contributed by atoms with E-state index in [1.807, 2.05) is 6.92 Å². The Labute approximate surface area is 113 Å². The van der Waals surface area contributed by atoms with Gasteiger partial charge in [-0.25, -0.2) is 0 Å². The van der Waals surface area contributed by atoms with Gasteiger partial charge >= 0.3 is 6.36 Å². The zero-order chi connectivity index (χ0) is 14.8. The van der Waals surface area contributed by atoms with E-state index in [0.29, 0.717) is 16.6 Å². The van der Waals surface area contributed by atoms with Crippen LogP contribution in [-0.2, 0) is 6.42 Å². The number of rotatable bonds is 4. The van der Waals surface area contributed by atoms with Crippen molar-refractivity contribution in [1.82, 2.24) is 4.98 Å². The Balaban J connectivity index is 2.48. The van der Waals surface area contributed by atoms with Crippen LogP contribution in [0.25, 0.3) is 10.9 Å². The Bertz CT molecular complexity index is 614. The first kappa shape index (κ1) is 14.4. The first-order valence-corrected chi connectivity index (χ1v) is 6.09. The Morgan fingerprint density at radius 3 is 2.65 bits per heavy atom. The Hall–Kier alpha value is -2.02. The largest absolute Gasteiger partial charge is 0.573 e. The highest BCUT2D eigenvalue weighted by Crippen LogP contribution is 2.30. The van der Waals surface area contributed by atoms with Gasteiger partial charge in [-0.05, 0) is 30.7 Å². The van der Waals surface area contributed by atoms with Gasteiger partial charge < -0.3 is 10.2 Å². The van der Waals surface area contributed by atoms with E-state index in [0.717, 1.165) is 18.5 Å². The van der Waals surface area contributed by atoms with Gasteiger partial charge in [0.2, 0.25) is 0 Å². The van der Waals surface area contributed by atoms with Gasteiger partial charge in [0.1, 0.15) is 5.75 Å². The van der Waals surface area contributed by atoms with Crippen molar-refractivity contribution in [3.63, 3.8) is 0 Å². The molecule has 0 aliphatic carbocycles. The fourth-order valence-corrected chi connectivity index (χ4v) is 1.96. The molecular formula is C13H14F3N3O. The van der Waals surface area contributed by atoms with Gasteiger partial charge in [-0.3, -0.25) is 10.8 Å². The molecule has 1 heterocycles. The summed E-state index contributed by atoms with van der Waals surface area (Å²) in [7, 11) is 0. The molecule has 0 radical (unpaired) electrons. The molecule has 0 amide bonds. The number of benzene rings is 1. The van der Waals surface area contributed by atoms with Crippen molar-refractivity contribution in [2.45, 2.75) is 26.1 Å². The second-order valence-electron chi connectivity index (χ2n) is 4.28. The highest BCUT2D eigenvalue weighted by atomic mass is 19.4. The highest BCUT2D eigenvalue weighted by molar-refractivity contribution is 5.92. The number of aromatic nitrogens is 1. The number of hydrazine groups is 1. The lowest BCUT2D eigenvalue weighted by Crippen LogP contribution is -2.17. The van der Waals surface area contributed by atoms with Gasteiger partial charge in [0.25, 0.3) is 0 Å². The molecule has 0 unspecified atom stereocenters. The summed E-state index contributed by atoms with van der Waals surface area (Å²) in [5.74, 6) is 5.12. The maximum Gasteiger partial charge on any atom is 0.573 e. The zero-order valence-electron chi connectivity index (χ0n) is 10.8. The number of nitrogens with one attached hydrogen (secondary N) is 1. The van der Waals surface area contributed by atoms with Crippen molar-refractivity contribution in [2.75, 3.05) is 5.43 Å². The number of halogens is 3. The number of anilines is 1. The molecule has 0 saturated heterocycles. The fraction of sp³-hybridized carbons (Fsp3) is 0.308. The van der Waals surface area contributed by atoms with Gasteiger partial charge in [0, 0.05) is 11.1 Å². The van der Waals surface area contributed by atoms with Gasteiger partial charge in [-0.15, -0.1) is 13.2 Å². The summed E-state index contributed by atoms with van der Waals surface area (Å²) in [6.07, 6.45) is -3.04. The third-order valence-corrected chi connectivity index (χ3v) is 2.73. The standard InChI is InChI=1S/C13H14F3N3O/c1-2-3-8-6-12(19-17)10-7-9(20-13(14,15)16)4-5-11(10)18-8/h4-7H,2-3,17H2,1H3,(H,18,19). The molecule has 0 saturated carbocycles. The van der Waals surface area contributed by atoms with Crippen LogP contribution < -0.4 is 16.0 Å². The summed E-state index contributed by atoms with van der Waals surface area (Å²) in [5, 5.41) is 0.481. The van der Waals surface area contributed by atoms with Crippen molar-refractivity contribution in [2.24, 2.45) is 5.84 Å². The molecule has 0 aliphatic rings. The first-order chi connectivity index (χ1) is 9.43. The summed E-state index contributed by atoms with van der Waals surface area (Å²) in [6, 6.07) is 5.71. The molecule has 0 bridgehead atoms. The molecule has 0 aliphatic heterocycles. The van der Waals surface area contributed by atoms with Crippen LogP contribution in [0.1, 0.15) is 19.0 Å². The summed E-state index contributed by atoms with van der Waals surface area (Å²) >= 11 is 0. The van der Waals surface area contributed by atoms with Crippen LogP contribution in [0.5, 0.6) is 5.75 Å². The summed E-state index contributed by atoms with van der Waals surface area (Å²) in [6.45, 7) is 2.02. The van der Waals surface area contributed by atoms with Crippen LogP contribution in [0.2, 0.25) is 0 Å². The number of hydrogen-bond donors (Lipinski definition) is 2. The molecule has 2 rings (SSSR count). The van der Waals surface area contributed by atoms with Crippen LogP contribution in [-0.4, -0.2) is 11.3 Å². The Morgan fingerprint density at radius 2 is 2.05 bits per heavy atom. The topological polar surface area (TPSA) is 60.2 Å². The summed E-state index contributed by atoms with van der Waals surface area (Å²) < 4.78 is 40.5. The number of nitrogen functional groups attached to an aromatic ring is 1. The molecule has 1 aromatic carbocycles. The predicted molar refractivity (Wildman–Crippen MR) is 70.2 cm³/mol. The van der Waals surface area contributed by atoms with Crippen molar-refractivity contribution in [3.8, 4) is 5.75 Å². The molecule has 0 atom stereocenters. The predicted octanol–water partition coefficient (Wildman–Crippen LogP) is 3.37. The minimum absolute atomic E-state index is 0.299. The number of nitrogens with zero attached hydrogens (tertiary/aromatic N) is 1. The average Bonchev–Trinajstić information content (AvgIpc) is 2.36. The number of aryl methyl sites for hydroxylation is 1. The maximum absolute atomic E-state index is 12.2. The molecule has 1 aromatic heterocycles. The fourth-order valence-electron chi connectivity index (χ4n) is 1.96. The van der Waals surface area contributed by atoms with E-state index in [2.05, 4.69) is 15.1 Å². The molecule has 7 heteroatoms. The lowest BCUT2D eigenvalue weighted by molar-refractivity contribution is -0.274. The normalized spacial score (nSPS) is 11.7. The minimum atomic E-state index is -4.72. The number of pyridine rings is 1. The molecular weight excluding hydrogens is 271 g/mol. The van der Waals surface area contributed by atoms with E-state index in [-0.39, 0.29) is 5.75 Å². The third-order valence-electron chi connectivity index (χ3n) is 2.73. The Kier molecular flexibility index (Phi) is 3.99. The van der Waals surface area contributed by atoms with Gasteiger partial charge in [0.05, 0.1) is 11.2 Å². The van der Waals surface area contributed by atoms with Crippen LogP contribution in [0.4, 0.5) is 18.9 Å². The molecule has 3 N–H and O–H groups in total. The minimum Gasteiger partial charge on any atom is -0.406 e. The van der Waals surface area contributed by atoms with Crippen LogP contribution >= 0.6 is 0 Å². The van der Waals surface area contributed by atoms with E-state index >= 15 is 0 Å². The number of nitrogens with two attached hydrogens (primary N) is 1. The maximum atomic E-state index is 12.2. The third kappa shape index (κ3) is 3.30. The summed E-state index contributed by atoms with van der Waals surface area (Å²) in [5.41, 5.74) is 4.40. The zero-order valence-corrected chi connectivity index (χ0v) is 10.8. The van der Waals surface area contributed by atoms with E-state index in [4.69, 9.17) is 5.84 Å². The number of ether oxygens (including phenoxy) is 1. The number of fused-ring (bicyclic) bond motifs is 1. The van der Waals surface area contributed by atoms with E-state index in [9.17, 15) is 13.2 Å². The molecule has 0 fully saturated rings. The van der Waals surface area contributed by atoms with Crippen LogP contribution in [0.15, 0.2) is 24.3 Å². The average molecular weight is 285 g/mol. The molecule has 4 nitrogen and oxygen atoms in total. The van der Waals surface area contributed by atoms with Crippen molar-refractivity contribution in [1.29, 1.82) is 0 Å². The number of hydrogen-bond acceptors (Lipinski definition) is 4. The SMILES string of the molecule is CCCc1cc(NN)c2cc(OC(F)(F)F)ccc2n1. The van der Waals surface area contributed by atoms with Crippen LogP contribution in [0.3, 0.4) is 0 Å². The molecule has 0 spiro atoms. The molecule has 2 aromatic rings. The van der Waals surface area contributed by atoms with Crippen molar-refractivity contribution in [3.05, 3.63) is 30.0 Å². The second-order valence-corrected chi connectivity index (χ2v) is 4.28. The second kappa shape index (κ2) is 5.54. The quantitative estimate of drug-likeness (QED) is 0.668. The highest BCUT2D eigenvalue weighted by Gasteiger charge is 2.31. The lowest BCUT2D eigenvalue weighted by atomic mass is 10.1. The smallest absolute Gasteiger partial charge is 0.406 e. The Morgan fingerprint density at radius 1 is 1.30 bits per heavy atom. The van der Waals surface area contributed by atoms with Gasteiger partial charge in [-0.2, -0.15) is 0 Å². The van der Waals surface area contributed by atoms with Gasteiger partial charge in [0.15, 0.2) is 0 Å². The van der Waals surface area contributed by atoms with Crippen molar-refractivity contribution < 1.29 is 17.9 Å². The van der Waals surface area contributed by atoms with E-state index in [1.165, 1.54) is 18.2 Å². The van der Waals surface area contributed by atoms with Crippen molar-refractivity contribution >= 4 is 16.6 Å². The first-order valence-electron chi connectivity index (χ1n) is 6.09. The number of alkyl halides is 3. The van der Waals surface area contributed by atoms with E-state index < -0.39 is 6.36 Å². The summed E-state index contributed by atoms with van der Waals surface area (Å²) in [4.78, 5) is 4.38. The monoisotopic (exact) mass is 285 g/mol. The van der Waals surface area contributed by atoms with E-state index in [1.54, 1.807) is 6.07 Å². The van der Waals surface area contributed by atoms with Crippen LogP contribution in [0, 0.1) is 0 Å². The lowest BCUT2D eigenvalue weighted by Gasteiger charge is -2.12. The molecule has 20 heavy (non-hydrogen) atoms. The van der Waals surface area contributed by atoms with Gasteiger partial charge in [-0.1, -0.05) is 13.3 Å².